The number of hydrogen-bond acceptors (Lipinski definition) is 2. The highest BCUT2D eigenvalue weighted by Crippen LogP contribution is 2.16. The summed E-state index contributed by atoms with van der Waals surface area (Å²) < 4.78 is 30.5. The van der Waals surface area contributed by atoms with Crippen molar-refractivity contribution < 1.29 is 13.0 Å². The molecule has 4 heteroatoms. The topological polar surface area (TPSA) is 54.4 Å². The molecule has 1 aromatic rings. The molecule has 1 unspecified atom stereocenters. The average molecular weight is 242 g/mol. The second-order valence-corrected chi connectivity index (χ2v) is 5.64. The van der Waals surface area contributed by atoms with Crippen molar-refractivity contribution in [1.82, 2.24) is 0 Å². The Morgan fingerprint density at radius 1 is 1.25 bits per heavy atom. The third-order valence-corrected chi connectivity index (χ3v) is 3.45. The van der Waals surface area contributed by atoms with Gasteiger partial charge in [0.15, 0.2) is 0 Å². The maximum atomic E-state index is 10.8. The minimum Gasteiger partial charge on any atom is -0.282 e. The fraction of sp³-hybridized carbons (Fsp3) is 0.500. The molecular weight excluding hydrogens is 224 g/mol. The van der Waals surface area contributed by atoms with Gasteiger partial charge in [-0.05, 0) is 30.0 Å². The summed E-state index contributed by atoms with van der Waals surface area (Å²) in [7, 11) is -4.06. The van der Waals surface area contributed by atoms with E-state index in [9.17, 15) is 8.42 Å². The summed E-state index contributed by atoms with van der Waals surface area (Å²) in [6.45, 7) is 4.33. The Hall–Kier alpha value is -0.870. The van der Waals surface area contributed by atoms with Gasteiger partial charge in [-0.2, -0.15) is 8.42 Å². The lowest BCUT2D eigenvalue weighted by Gasteiger charge is -2.09. The van der Waals surface area contributed by atoms with Crippen LogP contribution in [-0.4, -0.2) is 13.0 Å². The minimum atomic E-state index is -4.06. The smallest absolute Gasteiger partial charge is 0.282 e. The van der Waals surface area contributed by atoms with Crippen LogP contribution in [0.25, 0.3) is 0 Å². The summed E-state index contributed by atoms with van der Waals surface area (Å²) in [6.07, 6.45) is 3.27. The molecular formula is C12H18O3S. The highest BCUT2D eigenvalue weighted by atomic mass is 32.2. The first-order valence-corrected chi connectivity index (χ1v) is 6.94. The number of rotatable bonds is 5. The Kier molecular flexibility index (Phi) is 4.50. The fourth-order valence-electron chi connectivity index (χ4n) is 1.79. The molecule has 0 heterocycles. The van der Waals surface area contributed by atoms with E-state index in [0.717, 1.165) is 18.4 Å². The van der Waals surface area contributed by atoms with E-state index in [1.165, 1.54) is 18.6 Å². The minimum absolute atomic E-state index is 0.0422. The second kappa shape index (κ2) is 5.46. The predicted molar refractivity (Wildman–Crippen MR) is 64.0 cm³/mol. The molecule has 0 aliphatic rings. The van der Waals surface area contributed by atoms with E-state index in [0.29, 0.717) is 5.92 Å². The molecule has 90 valence electrons. The summed E-state index contributed by atoms with van der Waals surface area (Å²) in [4.78, 5) is -0.0422. The third kappa shape index (κ3) is 3.94. The quantitative estimate of drug-likeness (QED) is 0.808. The predicted octanol–water partition coefficient (Wildman–Crippen LogP) is 2.91. The molecule has 3 nitrogen and oxygen atoms in total. The lowest BCUT2D eigenvalue weighted by molar-refractivity contribution is 0.483. The van der Waals surface area contributed by atoms with Crippen molar-refractivity contribution >= 4 is 10.1 Å². The van der Waals surface area contributed by atoms with Crippen LogP contribution in [0.1, 0.15) is 32.3 Å². The molecule has 0 fully saturated rings. The summed E-state index contributed by atoms with van der Waals surface area (Å²) in [5.41, 5.74) is 1.10. The average Bonchev–Trinajstić information content (AvgIpc) is 2.17. The molecule has 0 amide bonds. The molecule has 1 atom stereocenters. The van der Waals surface area contributed by atoms with E-state index >= 15 is 0 Å². The van der Waals surface area contributed by atoms with Crippen LogP contribution in [0, 0.1) is 5.92 Å². The molecule has 0 aromatic heterocycles. The monoisotopic (exact) mass is 242 g/mol. The zero-order valence-electron chi connectivity index (χ0n) is 9.68. The van der Waals surface area contributed by atoms with E-state index in [4.69, 9.17) is 4.55 Å². The molecule has 0 radical (unpaired) electrons. The zero-order chi connectivity index (χ0) is 12.2. The van der Waals surface area contributed by atoms with Gasteiger partial charge in [0.25, 0.3) is 10.1 Å². The van der Waals surface area contributed by atoms with Crippen LogP contribution < -0.4 is 0 Å². The van der Waals surface area contributed by atoms with Gasteiger partial charge in [0.2, 0.25) is 0 Å². The van der Waals surface area contributed by atoms with Crippen molar-refractivity contribution in [2.75, 3.05) is 0 Å². The van der Waals surface area contributed by atoms with Gasteiger partial charge < -0.3 is 0 Å². The standard InChI is InChI=1S/C12H18O3S/c1-3-4-10(2)9-11-5-7-12(8-6-11)16(13,14)15/h5-8,10H,3-4,9H2,1-2H3,(H,13,14,15). The lowest BCUT2D eigenvalue weighted by atomic mass is 9.97. The van der Waals surface area contributed by atoms with Crippen LogP contribution in [0.15, 0.2) is 29.2 Å². The van der Waals surface area contributed by atoms with Gasteiger partial charge in [0, 0.05) is 0 Å². The van der Waals surface area contributed by atoms with Crippen molar-refractivity contribution in [3.8, 4) is 0 Å². The van der Waals surface area contributed by atoms with Gasteiger partial charge in [-0.1, -0.05) is 38.8 Å². The van der Waals surface area contributed by atoms with Crippen LogP contribution in [0.3, 0.4) is 0 Å². The van der Waals surface area contributed by atoms with Crippen molar-refractivity contribution in [1.29, 1.82) is 0 Å². The van der Waals surface area contributed by atoms with Gasteiger partial charge >= 0.3 is 0 Å². The maximum absolute atomic E-state index is 10.8. The highest BCUT2D eigenvalue weighted by Gasteiger charge is 2.09. The normalized spacial score (nSPS) is 13.7. The van der Waals surface area contributed by atoms with E-state index in [1.807, 2.05) is 0 Å². The highest BCUT2D eigenvalue weighted by molar-refractivity contribution is 7.85. The van der Waals surface area contributed by atoms with E-state index in [-0.39, 0.29) is 4.90 Å². The summed E-state index contributed by atoms with van der Waals surface area (Å²) in [5.74, 6) is 0.599. The van der Waals surface area contributed by atoms with Gasteiger partial charge in [0.05, 0.1) is 4.90 Å². The van der Waals surface area contributed by atoms with Gasteiger partial charge in [-0.15, -0.1) is 0 Å². The largest absolute Gasteiger partial charge is 0.294 e. The molecule has 0 spiro atoms. The lowest BCUT2D eigenvalue weighted by Crippen LogP contribution is -2.01. The Bertz CT molecular complexity index is 420. The summed E-state index contributed by atoms with van der Waals surface area (Å²) in [5, 5.41) is 0. The first-order valence-electron chi connectivity index (χ1n) is 5.50. The Labute approximate surface area is 97.2 Å². The van der Waals surface area contributed by atoms with Crippen molar-refractivity contribution in [2.24, 2.45) is 5.92 Å². The first-order chi connectivity index (χ1) is 7.43. The zero-order valence-corrected chi connectivity index (χ0v) is 10.5. The number of hydrogen-bond donors (Lipinski definition) is 1. The first kappa shape index (κ1) is 13.2. The molecule has 0 saturated carbocycles. The fourth-order valence-corrected chi connectivity index (χ4v) is 2.27. The molecule has 1 rings (SSSR count). The van der Waals surface area contributed by atoms with Gasteiger partial charge in [0.1, 0.15) is 0 Å². The molecule has 0 bridgehead atoms. The van der Waals surface area contributed by atoms with Crippen molar-refractivity contribution in [2.45, 2.75) is 38.0 Å². The van der Waals surface area contributed by atoms with E-state index in [1.54, 1.807) is 12.1 Å². The third-order valence-electron chi connectivity index (χ3n) is 2.59. The molecule has 1 aromatic carbocycles. The molecule has 0 aliphatic heterocycles. The van der Waals surface area contributed by atoms with Crippen LogP contribution in [0.5, 0.6) is 0 Å². The molecule has 1 N–H and O–H groups in total. The number of benzene rings is 1. The van der Waals surface area contributed by atoms with E-state index in [2.05, 4.69) is 13.8 Å². The van der Waals surface area contributed by atoms with Crippen LogP contribution >= 0.6 is 0 Å². The maximum Gasteiger partial charge on any atom is 0.294 e. The SMILES string of the molecule is CCCC(C)Cc1ccc(S(=O)(=O)O)cc1. The Balaban J connectivity index is 2.72. The van der Waals surface area contributed by atoms with Crippen LogP contribution in [0.4, 0.5) is 0 Å². The van der Waals surface area contributed by atoms with Gasteiger partial charge in [-0.25, -0.2) is 0 Å². The molecule has 16 heavy (non-hydrogen) atoms. The Morgan fingerprint density at radius 3 is 2.25 bits per heavy atom. The Morgan fingerprint density at radius 2 is 1.81 bits per heavy atom. The molecule has 0 aliphatic carbocycles. The van der Waals surface area contributed by atoms with Gasteiger partial charge in [-0.3, -0.25) is 4.55 Å². The van der Waals surface area contributed by atoms with Crippen molar-refractivity contribution in [3.05, 3.63) is 29.8 Å². The van der Waals surface area contributed by atoms with Crippen LogP contribution in [0.2, 0.25) is 0 Å². The van der Waals surface area contributed by atoms with Crippen molar-refractivity contribution in [3.63, 3.8) is 0 Å². The second-order valence-electron chi connectivity index (χ2n) is 4.22. The van der Waals surface area contributed by atoms with Crippen LogP contribution in [-0.2, 0) is 16.5 Å². The van der Waals surface area contributed by atoms with E-state index < -0.39 is 10.1 Å². The summed E-state index contributed by atoms with van der Waals surface area (Å²) >= 11 is 0. The molecule has 0 saturated heterocycles. The summed E-state index contributed by atoms with van der Waals surface area (Å²) in [6, 6.07) is 6.41.